The zero-order chi connectivity index (χ0) is 13.8. The molecule has 1 heterocycles. The van der Waals surface area contributed by atoms with Crippen LogP contribution in [-0.4, -0.2) is 9.78 Å². The monoisotopic (exact) mass is 297 g/mol. The molecule has 0 spiro atoms. The molecule has 0 unspecified atom stereocenters. The van der Waals surface area contributed by atoms with E-state index < -0.39 is 0 Å². The largest absolute Gasteiger partial charge is 0.378 e. The van der Waals surface area contributed by atoms with E-state index in [0.29, 0.717) is 16.6 Å². The van der Waals surface area contributed by atoms with Crippen molar-refractivity contribution in [3.63, 3.8) is 0 Å². The molecule has 1 N–H and O–H groups in total. The minimum absolute atomic E-state index is 0.669. The number of halogens is 2. The molecule has 102 valence electrons. The second kappa shape index (κ2) is 6.31. The van der Waals surface area contributed by atoms with Gasteiger partial charge in [0, 0.05) is 11.6 Å². The van der Waals surface area contributed by atoms with Gasteiger partial charge in [0.2, 0.25) is 0 Å². The number of benzene rings is 1. The predicted molar refractivity (Wildman–Crippen MR) is 81.1 cm³/mol. The molecule has 0 bridgehead atoms. The van der Waals surface area contributed by atoms with Gasteiger partial charge in [0.05, 0.1) is 28.6 Å². The van der Waals surface area contributed by atoms with E-state index in [2.05, 4.69) is 30.3 Å². The van der Waals surface area contributed by atoms with Gasteiger partial charge in [0.1, 0.15) is 0 Å². The number of nitrogens with one attached hydrogen (secondary N) is 1. The normalized spacial score (nSPS) is 10.7. The van der Waals surface area contributed by atoms with Crippen LogP contribution >= 0.6 is 23.2 Å². The Labute approximate surface area is 123 Å². The van der Waals surface area contributed by atoms with E-state index in [1.807, 2.05) is 10.7 Å². The Balaban J connectivity index is 2.13. The van der Waals surface area contributed by atoms with E-state index in [1.54, 1.807) is 12.1 Å². The summed E-state index contributed by atoms with van der Waals surface area (Å²) in [7, 11) is 0. The molecule has 1 aromatic carbocycles. The summed E-state index contributed by atoms with van der Waals surface area (Å²) >= 11 is 12.1. The molecule has 2 rings (SSSR count). The van der Waals surface area contributed by atoms with Gasteiger partial charge in [-0.05, 0) is 37.6 Å². The van der Waals surface area contributed by atoms with Crippen LogP contribution in [0.2, 0.25) is 10.0 Å². The highest BCUT2D eigenvalue weighted by atomic mass is 35.5. The molecule has 0 amide bonds. The van der Waals surface area contributed by atoms with Gasteiger partial charge >= 0.3 is 0 Å². The molecule has 1 aromatic heterocycles. The van der Waals surface area contributed by atoms with Crippen LogP contribution in [0.4, 0.5) is 5.69 Å². The second-order valence-corrected chi connectivity index (χ2v) is 5.12. The fraction of sp³-hybridized carbons (Fsp3) is 0.357. The molecule has 5 heteroatoms. The average Bonchev–Trinajstić information content (AvgIpc) is 2.82. The summed E-state index contributed by atoms with van der Waals surface area (Å²) in [6.45, 7) is 5.73. The van der Waals surface area contributed by atoms with Gasteiger partial charge < -0.3 is 5.32 Å². The predicted octanol–water partition coefficient (Wildman–Crippen LogP) is 4.38. The van der Waals surface area contributed by atoms with Crippen LogP contribution in [0.3, 0.4) is 0 Å². The first-order chi connectivity index (χ1) is 9.13. The third kappa shape index (κ3) is 3.43. The molecule has 0 aliphatic rings. The van der Waals surface area contributed by atoms with E-state index >= 15 is 0 Å². The van der Waals surface area contributed by atoms with Crippen molar-refractivity contribution in [1.82, 2.24) is 9.78 Å². The van der Waals surface area contributed by atoms with Gasteiger partial charge in [-0.1, -0.05) is 30.1 Å². The maximum atomic E-state index is 6.13. The van der Waals surface area contributed by atoms with Gasteiger partial charge in [-0.3, -0.25) is 4.68 Å². The molecule has 3 nitrogen and oxygen atoms in total. The van der Waals surface area contributed by atoms with Crippen LogP contribution in [-0.2, 0) is 19.5 Å². The summed E-state index contributed by atoms with van der Waals surface area (Å²) in [4.78, 5) is 0. The molecule has 2 aromatic rings. The van der Waals surface area contributed by atoms with Crippen molar-refractivity contribution < 1.29 is 0 Å². The number of nitrogens with zero attached hydrogens (tertiary/aromatic N) is 2. The molecule has 0 fully saturated rings. The maximum absolute atomic E-state index is 6.13. The molecule has 0 aliphatic carbocycles. The Morgan fingerprint density at radius 3 is 2.68 bits per heavy atom. The first kappa shape index (κ1) is 14.2. The van der Waals surface area contributed by atoms with E-state index in [4.69, 9.17) is 23.2 Å². The Morgan fingerprint density at radius 1 is 1.21 bits per heavy atom. The lowest BCUT2D eigenvalue weighted by atomic mass is 10.3. The van der Waals surface area contributed by atoms with Gasteiger partial charge in [-0.15, -0.1) is 0 Å². The Hall–Kier alpha value is -1.19. The zero-order valence-electron chi connectivity index (χ0n) is 11.1. The van der Waals surface area contributed by atoms with Gasteiger partial charge in [-0.25, -0.2) is 0 Å². The van der Waals surface area contributed by atoms with Crippen LogP contribution in [0.15, 0.2) is 24.3 Å². The summed E-state index contributed by atoms with van der Waals surface area (Å²) < 4.78 is 2.00. The van der Waals surface area contributed by atoms with Crippen LogP contribution in [0.1, 0.15) is 25.2 Å². The fourth-order valence-electron chi connectivity index (χ4n) is 1.92. The minimum Gasteiger partial charge on any atom is -0.378 e. The maximum Gasteiger partial charge on any atom is 0.0638 e. The lowest BCUT2D eigenvalue weighted by Crippen LogP contribution is -2.08. The number of rotatable bonds is 5. The first-order valence-electron chi connectivity index (χ1n) is 6.38. The quantitative estimate of drug-likeness (QED) is 0.887. The van der Waals surface area contributed by atoms with Gasteiger partial charge in [0.15, 0.2) is 0 Å². The van der Waals surface area contributed by atoms with E-state index in [1.165, 1.54) is 0 Å². The lowest BCUT2D eigenvalue weighted by Gasteiger charge is -2.09. The summed E-state index contributed by atoms with van der Waals surface area (Å²) in [5.41, 5.74) is 3.10. The van der Waals surface area contributed by atoms with Gasteiger partial charge in [-0.2, -0.15) is 5.10 Å². The molecule has 0 radical (unpaired) electrons. The van der Waals surface area contributed by atoms with E-state index in [-0.39, 0.29) is 0 Å². The second-order valence-electron chi connectivity index (χ2n) is 4.27. The fourth-order valence-corrected chi connectivity index (χ4v) is 2.28. The highest BCUT2D eigenvalue weighted by molar-refractivity contribution is 6.35. The topological polar surface area (TPSA) is 29.9 Å². The third-order valence-electron chi connectivity index (χ3n) is 2.96. The third-order valence-corrected chi connectivity index (χ3v) is 3.53. The van der Waals surface area contributed by atoms with Crippen molar-refractivity contribution in [3.05, 3.63) is 45.7 Å². The molecule has 0 atom stereocenters. The number of aryl methyl sites for hydroxylation is 2. The average molecular weight is 298 g/mol. The van der Waals surface area contributed by atoms with E-state index in [9.17, 15) is 0 Å². The molecule has 19 heavy (non-hydrogen) atoms. The van der Waals surface area contributed by atoms with Crippen molar-refractivity contribution in [2.24, 2.45) is 0 Å². The molecule has 0 saturated heterocycles. The Bertz CT molecular complexity index is 564. The highest BCUT2D eigenvalue weighted by Gasteiger charge is 2.07. The number of hydrogen-bond acceptors (Lipinski definition) is 2. The SMILES string of the molecule is CCc1cc(CNc2cc(Cl)ccc2Cl)n(CC)n1. The zero-order valence-corrected chi connectivity index (χ0v) is 12.6. The first-order valence-corrected chi connectivity index (χ1v) is 7.14. The number of aromatic nitrogens is 2. The Morgan fingerprint density at radius 2 is 2.00 bits per heavy atom. The van der Waals surface area contributed by atoms with Crippen LogP contribution in [0.5, 0.6) is 0 Å². The van der Waals surface area contributed by atoms with Crippen LogP contribution in [0, 0.1) is 0 Å². The summed E-state index contributed by atoms with van der Waals surface area (Å²) in [5.74, 6) is 0. The van der Waals surface area contributed by atoms with Crippen LogP contribution < -0.4 is 5.32 Å². The van der Waals surface area contributed by atoms with Crippen molar-refractivity contribution in [2.45, 2.75) is 33.4 Å². The van der Waals surface area contributed by atoms with Crippen molar-refractivity contribution >= 4 is 28.9 Å². The van der Waals surface area contributed by atoms with Crippen LogP contribution in [0.25, 0.3) is 0 Å². The summed E-state index contributed by atoms with van der Waals surface area (Å²) in [6.07, 6.45) is 0.942. The molecule has 0 saturated carbocycles. The van der Waals surface area contributed by atoms with Gasteiger partial charge in [0.25, 0.3) is 0 Å². The number of anilines is 1. The number of hydrogen-bond donors (Lipinski definition) is 1. The van der Waals surface area contributed by atoms with Crippen molar-refractivity contribution in [1.29, 1.82) is 0 Å². The summed E-state index contributed by atoms with van der Waals surface area (Å²) in [6, 6.07) is 7.52. The van der Waals surface area contributed by atoms with Crippen molar-refractivity contribution in [2.75, 3.05) is 5.32 Å². The van der Waals surface area contributed by atoms with Crippen molar-refractivity contribution in [3.8, 4) is 0 Å². The summed E-state index contributed by atoms with van der Waals surface area (Å²) in [5, 5.41) is 9.16. The standard InChI is InChI=1S/C14H17Cl2N3/c1-3-11-8-12(19(4-2)18-11)9-17-14-7-10(15)5-6-13(14)16/h5-8,17H,3-4,9H2,1-2H3. The molecular weight excluding hydrogens is 281 g/mol. The molecule has 0 aliphatic heterocycles. The lowest BCUT2D eigenvalue weighted by molar-refractivity contribution is 0.619. The molecular formula is C14H17Cl2N3. The highest BCUT2D eigenvalue weighted by Crippen LogP contribution is 2.25. The minimum atomic E-state index is 0.669. The smallest absolute Gasteiger partial charge is 0.0638 e. The Kier molecular flexibility index (Phi) is 4.72. The van der Waals surface area contributed by atoms with E-state index in [0.717, 1.165) is 30.0 Å².